The van der Waals surface area contributed by atoms with E-state index in [9.17, 15) is 14.7 Å². The van der Waals surface area contributed by atoms with Crippen molar-refractivity contribution in [2.24, 2.45) is 7.05 Å². The molecule has 32 heavy (non-hydrogen) atoms. The van der Waals surface area contributed by atoms with Crippen LogP contribution < -0.4 is 16.0 Å². The maximum atomic E-state index is 12.6. The van der Waals surface area contributed by atoms with Crippen LogP contribution in [0.3, 0.4) is 0 Å². The molecule has 2 aromatic heterocycles. The highest BCUT2D eigenvalue weighted by atomic mass is 35.5. The van der Waals surface area contributed by atoms with Gasteiger partial charge >= 0.3 is 5.69 Å². The Morgan fingerprint density at radius 1 is 1.19 bits per heavy atom. The van der Waals surface area contributed by atoms with Gasteiger partial charge in [-0.05, 0) is 30.7 Å². The molecule has 3 aromatic rings. The average molecular weight is 481 g/mol. The number of H-pyrrole nitrogens is 1. The fourth-order valence-electron chi connectivity index (χ4n) is 3.35. The molecule has 3 rings (SSSR count). The normalized spacial score (nSPS) is 12.4. The summed E-state index contributed by atoms with van der Waals surface area (Å²) in [6.45, 7) is 2.33. The zero-order chi connectivity index (χ0) is 23.1. The first-order valence-electron chi connectivity index (χ1n) is 10.8. The molecule has 0 saturated heterocycles. The Bertz CT molecular complexity index is 1140. The van der Waals surface area contributed by atoms with Gasteiger partial charge in [0, 0.05) is 17.8 Å². The van der Waals surface area contributed by atoms with Crippen molar-refractivity contribution in [2.75, 3.05) is 12.4 Å². The van der Waals surface area contributed by atoms with Crippen LogP contribution in [0.15, 0.2) is 39.0 Å². The fourth-order valence-corrected chi connectivity index (χ4v) is 4.48. The van der Waals surface area contributed by atoms with Crippen molar-refractivity contribution in [1.29, 1.82) is 0 Å². The Morgan fingerprint density at radius 2 is 1.91 bits per heavy atom. The van der Waals surface area contributed by atoms with Crippen LogP contribution in [0.4, 0.5) is 0 Å². The van der Waals surface area contributed by atoms with Gasteiger partial charge in [0.25, 0.3) is 5.56 Å². The predicted octanol–water partition coefficient (Wildman–Crippen LogP) is 3.58. The molecule has 2 heterocycles. The Hall–Kier alpha value is -2.23. The van der Waals surface area contributed by atoms with Gasteiger partial charge < -0.3 is 14.4 Å². The van der Waals surface area contributed by atoms with E-state index in [1.54, 1.807) is 35.9 Å². The van der Waals surface area contributed by atoms with E-state index in [0.29, 0.717) is 21.6 Å². The van der Waals surface area contributed by atoms with Crippen molar-refractivity contribution in [1.82, 2.24) is 19.1 Å². The van der Waals surface area contributed by atoms with Crippen LogP contribution in [0, 0.1) is 0 Å². The Balaban J connectivity index is 1.77. The molecule has 8 nitrogen and oxygen atoms in total. The summed E-state index contributed by atoms with van der Waals surface area (Å²) in [5.74, 6) is 1.43. The van der Waals surface area contributed by atoms with E-state index in [1.807, 2.05) is 0 Å². The summed E-state index contributed by atoms with van der Waals surface area (Å²) in [7, 11) is 1.57. The number of ether oxygens (including phenoxy) is 1. The van der Waals surface area contributed by atoms with Crippen molar-refractivity contribution >= 4 is 34.5 Å². The van der Waals surface area contributed by atoms with E-state index >= 15 is 0 Å². The number of thioether (sulfide) groups is 1. The molecule has 0 amide bonds. The lowest BCUT2D eigenvalue weighted by Crippen LogP contribution is -2.30. The van der Waals surface area contributed by atoms with Crippen molar-refractivity contribution in [3.05, 3.63) is 50.1 Å². The minimum atomic E-state index is -0.886. The van der Waals surface area contributed by atoms with Crippen LogP contribution >= 0.6 is 23.4 Å². The summed E-state index contributed by atoms with van der Waals surface area (Å²) in [4.78, 5) is 31.4. The number of fused-ring (bicyclic) bond motifs is 1. The zero-order valence-electron chi connectivity index (χ0n) is 18.3. The topological polar surface area (TPSA) is 102 Å². The predicted molar refractivity (Wildman–Crippen MR) is 128 cm³/mol. The molecule has 0 aliphatic heterocycles. The van der Waals surface area contributed by atoms with Crippen LogP contribution in [0.25, 0.3) is 11.2 Å². The van der Waals surface area contributed by atoms with Crippen molar-refractivity contribution in [3.63, 3.8) is 0 Å². The number of aromatic nitrogens is 4. The summed E-state index contributed by atoms with van der Waals surface area (Å²) in [6, 6.07) is 6.87. The van der Waals surface area contributed by atoms with Crippen LogP contribution in [0.2, 0.25) is 5.02 Å². The third-order valence-electron chi connectivity index (χ3n) is 5.10. The van der Waals surface area contributed by atoms with Crippen molar-refractivity contribution < 1.29 is 9.84 Å². The molecule has 1 atom stereocenters. The molecule has 10 heteroatoms. The average Bonchev–Trinajstić information content (AvgIpc) is 3.13. The molecular formula is C22H29ClN4O4S. The van der Waals surface area contributed by atoms with Crippen LogP contribution in [-0.2, 0) is 13.6 Å². The minimum absolute atomic E-state index is 0.0338. The van der Waals surface area contributed by atoms with Gasteiger partial charge in [-0.15, -0.1) is 0 Å². The number of hydrogen-bond acceptors (Lipinski definition) is 6. The van der Waals surface area contributed by atoms with Gasteiger partial charge in [-0.1, -0.05) is 56.0 Å². The van der Waals surface area contributed by atoms with E-state index in [1.165, 1.54) is 35.6 Å². The highest BCUT2D eigenvalue weighted by Gasteiger charge is 2.20. The number of nitrogens with one attached hydrogen (secondary N) is 1. The van der Waals surface area contributed by atoms with Crippen molar-refractivity contribution in [3.8, 4) is 5.75 Å². The maximum absolute atomic E-state index is 12.6. The lowest BCUT2D eigenvalue weighted by Gasteiger charge is -2.15. The highest BCUT2D eigenvalue weighted by molar-refractivity contribution is 7.99. The van der Waals surface area contributed by atoms with E-state index in [-0.39, 0.29) is 18.7 Å². The molecule has 0 saturated carbocycles. The number of aromatic amines is 1. The van der Waals surface area contributed by atoms with E-state index < -0.39 is 17.4 Å². The number of unbranched alkanes of at least 4 members (excludes halogenated alkanes) is 4. The number of hydrogen-bond donors (Lipinski definition) is 2. The van der Waals surface area contributed by atoms with Gasteiger partial charge in [0.2, 0.25) is 0 Å². The first kappa shape index (κ1) is 24.4. The molecule has 0 aliphatic carbocycles. The summed E-state index contributed by atoms with van der Waals surface area (Å²) in [5.41, 5.74) is -0.463. The molecule has 0 radical (unpaired) electrons. The Morgan fingerprint density at radius 3 is 2.62 bits per heavy atom. The number of halogens is 1. The summed E-state index contributed by atoms with van der Waals surface area (Å²) in [5, 5.41) is 11.8. The number of benzene rings is 1. The molecule has 0 spiro atoms. The summed E-state index contributed by atoms with van der Waals surface area (Å²) in [6.07, 6.45) is 4.89. The largest absolute Gasteiger partial charge is 0.491 e. The van der Waals surface area contributed by atoms with Gasteiger partial charge in [-0.25, -0.2) is 9.78 Å². The van der Waals surface area contributed by atoms with Gasteiger partial charge in [-0.2, -0.15) is 0 Å². The molecule has 0 aliphatic rings. The SMILES string of the molecule is CCCCCCCSc1nc2c(c(=O)[nH]c(=O)n2C)n1C[C@@H](O)COc1ccc(Cl)cc1. The smallest absolute Gasteiger partial charge is 0.329 e. The third kappa shape index (κ3) is 6.17. The lowest BCUT2D eigenvalue weighted by atomic mass is 10.2. The minimum Gasteiger partial charge on any atom is -0.491 e. The lowest BCUT2D eigenvalue weighted by molar-refractivity contribution is 0.0914. The van der Waals surface area contributed by atoms with Gasteiger partial charge in [0.15, 0.2) is 16.3 Å². The molecule has 2 N–H and O–H groups in total. The summed E-state index contributed by atoms with van der Waals surface area (Å²) >= 11 is 7.41. The first-order chi connectivity index (χ1) is 15.4. The zero-order valence-corrected chi connectivity index (χ0v) is 19.9. The van der Waals surface area contributed by atoms with Gasteiger partial charge in [0.05, 0.1) is 6.54 Å². The van der Waals surface area contributed by atoms with Crippen LogP contribution in [0.1, 0.15) is 39.0 Å². The molecule has 1 aromatic carbocycles. The third-order valence-corrected chi connectivity index (χ3v) is 6.42. The van der Waals surface area contributed by atoms with Crippen LogP contribution in [0.5, 0.6) is 5.75 Å². The number of nitrogens with zero attached hydrogens (tertiary/aromatic N) is 3. The molecule has 174 valence electrons. The number of aliphatic hydroxyl groups is 1. The number of rotatable bonds is 12. The Labute approximate surface area is 195 Å². The highest BCUT2D eigenvalue weighted by Crippen LogP contribution is 2.24. The molecule has 0 bridgehead atoms. The first-order valence-corrected chi connectivity index (χ1v) is 12.2. The van der Waals surface area contributed by atoms with E-state index in [2.05, 4.69) is 16.9 Å². The van der Waals surface area contributed by atoms with E-state index in [4.69, 9.17) is 16.3 Å². The second-order valence-electron chi connectivity index (χ2n) is 7.68. The standard InChI is InChI=1S/C22H29ClN4O4S/c1-3-4-5-6-7-12-32-22-24-19-18(20(29)25-21(30)26(19)2)27(22)13-16(28)14-31-17-10-8-15(23)9-11-17/h8-11,16,28H,3-7,12-14H2,1-2H3,(H,25,29,30)/t16-/m1/s1. The Kier molecular flexibility index (Phi) is 8.84. The van der Waals surface area contributed by atoms with Gasteiger partial charge in [0.1, 0.15) is 18.5 Å². The number of aryl methyl sites for hydroxylation is 1. The molecule has 0 fully saturated rings. The molecular weight excluding hydrogens is 452 g/mol. The quantitative estimate of drug-likeness (QED) is 0.303. The number of imidazole rings is 1. The molecule has 0 unspecified atom stereocenters. The van der Waals surface area contributed by atoms with E-state index in [0.717, 1.165) is 18.6 Å². The monoisotopic (exact) mass is 480 g/mol. The van der Waals surface area contributed by atoms with Gasteiger partial charge in [-0.3, -0.25) is 14.3 Å². The second-order valence-corrected chi connectivity index (χ2v) is 9.18. The summed E-state index contributed by atoms with van der Waals surface area (Å²) < 4.78 is 8.64. The number of aliphatic hydroxyl groups excluding tert-OH is 1. The van der Waals surface area contributed by atoms with Crippen molar-refractivity contribution in [2.45, 2.75) is 56.8 Å². The maximum Gasteiger partial charge on any atom is 0.329 e. The second kappa shape index (κ2) is 11.6. The van der Waals surface area contributed by atoms with Crippen LogP contribution in [-0.4, -0.2) is 42.7 Å². The fraction of sp³-hybridized carbons (Fsp3) is 0.500.